The van der Waals surface area contributed by atoms with Crippen LogP contribution in [0.5, 0.6) is 57.5 Å². The Kier molecular flexibility index (Phi) is 14.9. The average Bonchev–Trinajstić information content (AvgIpc) is 2.23. The highest BCUT2D eigenvalue weighted by Crippen LogP contribution is 2.38. The van der Waals surface area contributed by atoms with Crippen molar-refractivity contribution in [3.05, 3.63) is 263 Å². The maximum Gasteiger partial charge on any atom is 0.347 e. The van der Waals surface area contributed by atoms with Gasteiger partial charge in [0.2, 0.25) is 0 Å². The lowest BCUT2D eigenvalue weighted by molar-refractivity contribution is 0.0425. The van der Waals surface area contributed by atoms with E-state index in [4.69, 9.17) is 46.6 Å². The van der Waals surface area contributed by atoms with Gasteiger partial charge in [0.25, 0.3) is 23.6 Å². The van der Waals surface area contributed by atoms with Gasteiger partial charge in [-0.2, -0.15) is 0 Å². The second kappa shape index (κ2) is 23.5. The molecule has 436 valence electrons. The Morgan fingerprint density at radius 2 is 0.427 bits per heavy atom. The summed E-state index contributed by atoms with van der Waals surface area (Å²) in [5.41, 5.74) is 27.4. The lowest BCUT2D eigenvalue weighted by Crippen LogP contribution is -2.29. The summed E-state index contributed by atoms with van der Waals surface area (Å²) in [7, 11) is 0. The summed E-state index contributed by atoms with van der Waals surface area (Å²) in [4.78, 5) is 101. The van der Waals surface area contributed by atoms with E-state index in [1.165, 1.54) is 60.7 Å². The maximum absolute atomic E-state index is 13.5. The van der Waals surface area contributed by atoms with Gasteiger partial charge >= 0.3 is 23.9 Å². The molecule has 0 fully saturated rings. The fraction of sp³-hybridized carbons (Fsp3) is 0. The van der Waals surface area contributed by atoms with Crippen LogP contribution in [0.3, 0.4) is 0 Å². The molecule has 10 aromatic rings. The highest BCUT2D eigenvalue weighted by Gasteiger charge is 2.39. The van der Waals surface area contributed by atoms with Gasteiger partial charge in [0.1, 0.15) is 57.5 Å². The molecule has 0 spiro atoms. The number of fused-ring (bicyclic) bond motifs is 4. The minimum Gasteiger partial charge on any atom is -0.457 e. The van der Waals surface area contributed by atoms with Gasteiger partial charge in [0.05, 0.1) is 55.9 Å². The minimum atomic E-state index is -0.737. The van der Waals surface area contributed by atoms with E-state index < -0.39 is 47.5 Å². The molecule has 0 saturated carbocycles. The van der Waals surface area contributed by atoms with Gasteiger partial charge in [-0.3, -0.25) is 19.2 Å². The first kappa shape index (κ1) is 56.4. The highest BCUT2D eigenvalue weighted by atomic mass is 16.6. The molecule has 0 saturated heterocycles. The number of anilines is 6. The monoisotopic (exact) mass is 1180 g/mol. The number of cyclic esters (lactones) is 4. The molecular weight excluding hydrogens is 1140 g/mol. The fourth-order valence-corrected chi connectivity index (χ4v) is 9.44. The lowest BCUT2D eigenvalue weighted by Gasteiger charge is -2.14. The number of nitrogen functional groups attached to an aromatic ring is 4. The van der Waals surface area contributed by atoms with Crippen molar-refractivity contribution in [1.29, 1.82) is 0 Å². The first-order valence-electron chi connectivity index (χ1n) is 26.9. The van der Waals surface area contributed by atoms with E-state index in [1.54, 1.807) is 133 Å². The molecule has 0 atom stereocenters. The average molecular weight is 1190 g/mol. The lowest BCUT2D eigenvalue weighted by atomic mass is 10.1. The second-order valence-electron chi connectivity index (χ2n) is 19.8. The number of ether oxygens (including phenoxy) is 7. The van der Waals surface area contributed by atoms with Crippen molar-refractivity contribution in [2.24, 2.45) is 0 Å². The number of carbonyl (C=O) groups excluding carboxylic acids is 8. The number of carbonyl (C=O) groups is 8. The SMILES string of the molecule is Nc1ccc(Oc2ccc(N)cc2)cc1.Nc1ccc(Oc2ccc(N3C(=O)c4ccc(Oc5ccc6c(c5)C(=O)N(c5ccc(Oc7ccc(N)cc7)cc5)C6=O)cc4C3=O)cc2)cc1.O=C1OC(=O)c2cc(Oc3ccc4c(c3)C(=O)OC4=O)ccc21. The van der Waals surface area contributed by atoms with Crippen LogP contribution in [-0.4, -0.2) is 47.5 Å². The van der Waals surface area contributed by atoms with Gasteiger partial charge < -0.3 is 56.1 Å². The summed E-state index contributed by atoms with van der Waals surface area (Å²) >= 11 is 0. The van der Waals surface area contributed by atoms with Gasteiger partial charge in [-0.15, -0.1) is 0 Å². The van der Waals surface area contributed by atoms with E-state index in [2.05, 4.69) is 9.47 Å². The molecule has 21 nitrogen and oxygen atoms in total. The van der Waals surface area contributed by atoms with Crippen LogP contribution in [0.25, 0.3) is 0 Å². The number of hydrogen-bond donors (Lipinski definition) is 4. The van der Waals surface area contributed by atoms with E-state index in [0.29, 0.717) is 45.7 Å². The quantitative estimate of drug-likeness (QED) is 0.0382. The van der Waals surface area contributed by atoms with Crippen LogP contribution in [0, 0.1) is 0 Å². The first-order valence-corrected chi connectivity index (χ1v) is 26.9. The summed E-state index contributed by atoms with van der Waals surface area (Å²) in [5, 5.41) is 0. The number of rotatable bonds is 12. The highest BCUT2D eigenvalue weighted by molar-refractivity contribution is 6.35. The number of nitrogens with zero attached hydrogens (tertiary/aromatic N) is 2. The summed E-state index contributed by atoms with van der Waals surface area (Å²) in [6.45, 7) is 0. The summed E-state index contributed by atoms with van der Waals surface area (Å²) < 4.78 is 37.8. The van der Waals surface area contributed by atoms with E-state index in [9.17, 15) is 38.4 Å². The third-order valence-electron chi connectivity index (χ3n) is 13.8. The molecule has 10 aromatic carbocycles. The number of nitrogens with two attached hydrogens (primary N) is 4. The molecule has 4 aliphatic rings. The van der Waals surface area contributed by atoms with E-state index >= 15 is 0 Å². The molecule has 8 N–H and O–H groups in total. The fourth-order valence-electron chi connectivity index (χ4n) is 9.44. The molecule has 14 rings (SSSR count). The Balaban J connectivity index is 0.000000164. The summed E-state index contributed by atoms with van der Waals surface area (Å²) in [6, 6.07) is 59.2. The Bertz CT molecular complexity index is 4250. The van der Waals surface area contributed by atoms with Gasteiger partial charge in [-0.05, 0) is 218 Å². The number of esters is 4. The molecule has 4 aliphatic heterocycles. The predicted molar refractivity (Wildman–Crippen MR) is 324 cm³/mol. The van der Waals surface area contributed by atoms with Gasteiger partial charge in [0, 0.05) is 22.7 Å². The largest absolute Gasteiger partial charge is 0.457 e. The van der Waals surface area contributed by atoms with Crippen molar-refractivity contribution >= 4 is 81.6 Å². The van der Waals surface area contributed by atoms with Crippen LogP contribution in [0.4, 0.5) is 34.1 Å². The molecule has 0 aromatic heterocycles. The zero-order valence-corrected chi connectivity index (χ0v) is 46.1. The van der Waals surface area contributed by atoms with Gasteiger partial charge in [0.15, 0.2) is 0 Å². The van der Waals surface area contributed by atoms with E-state index in [-0.39, 0.29) is 67.5 Å². The topological polar surface area (TPSA) is 312 Å². The molecule has 89 heavy (non-hydrogen) atoms. The van der Waals surface area contributed by atoms with Crippen molar-refractivity contribution in [3.63, 3.8) is 0 Å². The van der Waals surface area contributed by atoms with Crippen molar-refractivity contribution in [2.45, 2.75) is 0 Å². The van der Waals surface area contributed by atoms with Crippen molar-refractivity contribution in [3.8, 4) is 57.5 Å². The van der Waals surface area contributed by atoms with E-state index in [1.807, 2.05) is 24.3 Å². The van der Waals surface area contributed by atoms with E-state index in [0.717, 1.165) is 32.7 Å². The van der Waals surface area contributed by atoms with Crippen LogP contribution in [0.2, 0.25) is 0 Å². The zero-order valence-electron chi connectivity index (χ0n) is 46.1. The van der Waals surface area contributed by atoms with Gasteiger partial charge in [-0.25, -0.2) is 29.0 Å². The van der Waals surface area contributed by atoms with Crippen molar-refractivity contribution < 1.29 is 71.5 Å². The van der Waals surface area contributed by atoms with Gasteiger partial charge in [-0.1, -0.05) is 0 Å². The Labute approximate surface area is 504 Å². The molecule has 4 heterocycles. The van der Waals surface area contributed by atoms with Crippen molar-refractivity contribution in [2.75, 3.05) is 32.7 Å². The van der Waals surface area contributed by atoms with Crippen LogP contribution >= 0.6 is 0 Å². The Hall–Kier alpha value is -13.0. The maximum atomic E-state index is 13.5. The van der Waals surface area contributed by atoms with Crippen LogP contribution < -0.4 is 56.4 Å². The number of imide groups is 2. The predicted octanol–water partition coefficient (Wildman–Crippen LogP) is 12.6. The Morgan fingerprint density at radius 1 is 0.225 bits per heavy atom. The normalized spacial score (nSPS) is 13.2. The third-order valence-corrected chi connectivity index (χ3v) is 13.8. The smallest absolute Gasteiger partial charge is 0.347 e. The molecule has 0 radical (unpaired) electrons. The number of benzene rings is 10. The Morgan fingerprint density at radius 3 is 0.708 bits per heavy atom. The molecule has 0 bridgehead atoms. The summed E-state index contributed by atoms with van der Waals surface area (Å²) in [5.74, 6) is 0.0162. The van der Waals surface area contributed by atoms with Crippen molar-refractivity contribution in [1.82, 2.24) is 0 Å². The second-order valence-corrected chi connectivity index (χ2v) is 19.8. The van der Waals surface area contributed by atoms with Crippen LogP contribution in [0.1, 0.15) is 82.9 Å². The van der Waals surface area contributed by atoms with Crippen LogP contribution in [-0.2, 0) is 9.47 Å². The zero-order chi connectivity index (χ0) is 62.0. The molecule has 0 aliphatic carbocycles. The number of amides is 4. The minimum absolute atomic E-state index is 0.114. The number of hydrogen-bond acceptors (Lipinski definition) is 19. The molecule has 21 heteroatoms. The first-order chi connectivity index (χ1) is 43.0. The molecule has 0 unspecified atom stereocenters. The molecule has 4 amide bonds. The molecular formula is C68H44N6O15. The van der Waals surface area contributed by atoms with Crippen LogP contribution in [0.15, 0.2) is 218 Å². The standard InChI is InChI=1S/C40H26N4O7.C16H6O7.C12H12N2O/c41-23-1-9-27(10-2-23)49-29-13-5-25(6-14-29)43-37(45)33-19-17-31(21-35(33)39(43)47)51-32-18-20-34-36(22-32)40(48)44(38(34)46)26-7-15-30(16-8-26)50-28-11-3-24(42)4-12-28;17-13-9-3-1-7(5-11(9)15(19)22-13)21-8-2-4-10-12(6-8)16(20)23-14(10)18;13-9-1-5-11(6-2-9)15-12-7-3-10(14)4-8-12/h1-22H,41-42H2;1-6H;1-8H,13-14H2. The summed E-state index contributed by atoms with van der Waals surface area (Å²) in [6.07, 6.45) is 0. The third kappa shape index (κ3) is 11.9.